The van der Waals surface area contributed by atoms with Gasteiger partial charge in [0.15, 0.2) is 0 Å². The van der Waals surface area contributed by atoms with Crippen LogP contribution >= 0.6 is 0 Å². The second-order valence-corrected chi connectivity index (χ2v) is 7.36. The van der Waals surface area contributed by atoms with Crippen LogP contribution in [0.25, 0.3) is 0 Å². The molecule has 0 unspecified atom stereocenters. The molecule has 26 heavy (non-hydrogen) atoms. The molecule has 9 nitrogen and oxygen atoms in total. The molecule has 0 saturated heterocycles. The molecule has 128 valence electrons. The minimum atomic E-state index is -4.50. The molecule has 0 aliphatic heterocycles. The quantitative estimate of drug-likeness (QED) is 0.286. The molecule has 2 aromatic carbocycles. The Kier molecular flexibility index (Phi) is 10.7. The first kappa shape index (κ1) is 25.7. The van der Waals surface area contributed by atoms with Crippen LogP contribution in [0.5, 0.6) is 0 Å². The van der Waals surface area contributed by atoms with Crippen molar-refractivity contribution in [2.45, 2.75) is 4.90 Å². The Bertz CT molecular complexity index is 946. The van der Waals surface area contributed by atoms with E-state index in [4.69, 9.17) is 0 Å². The number of nitrogens with one attached hydrogen (secondary N) is 1. The van der Waals surface area contributed by atoms with E-state index in [1.807, 2.05) is 0 Å². The maximum Gasteiger partial charge on any atom is 1.00 e. The first-order chi connectivity index (χ1) is 11.1. The molecule has 0 spiro atoms. The maximum absolute atomic E-state index is 10.8. The zero-order valence-electron chi connectivity index (χ0n) is 14.0. The Hall–Kier alpha value is -0.340. The molecule has 0 saturated carbocycles. The fraction of sp³-hybridized carbons (Fsp3) is 0.0769. The fourth-order valence-electron chi connectivity index (χ4n) is 1.61. The molecule has 0 aliphatic carbocycles. The van der Waals surface area contributed by atoms with Gasteiger partial charge in [-0.15, -0.1) is 0 Å². The van der Waals surface area contributed by atoms with Crippen LogP contribution in [0.2, 0.25) is 0 Å². The Labute approximate surface area is 195 Å². The predicted molar refractivity (Wildman–Crippen MR) is 83.2 cm³/mol. The molecule has 0 heterocycles. The van der Waals surface area contributed by atoms with E-state index in [0.29, 0.717) is 17.1 Å². The summed E-state index contributed by atoms with van der Waals surface area (Å²) in [5, 5.41) is 10.2. The van der Waals surface area contributed by atoms with Gasteiger partial charge < -0.3 is 14.4 Å². The van der Waals surface area contributed by atoms with Crippen molar-refractivity contribution >= 4 is 37.3 Å². The summed E-state index contributed by atoms with van der Waals surface area (Å²) in [6.07, 6.45) is 0. The summed E-state index contributed by atoms with van der Waals surface area (Å²) < 4.78 is 63.9. The SMILES string of the molecule is O=S(=O)([O-])CNc1ccc(N=Nc2ccc(S(=O)(=O)[O-])cc2)cc1.[Na+].[Na+]. The molecule has 2 rings (SSSR count). The second-order valence-electron chi connectivity index (χ2n) is 4.57. The fourth-order valence-corrected chi connectivity index (χ4v) is 2.43. The van der Waals surface area contributed by atoms with Crippen LogP contribution in [0.3, 0.4) is 0 Å². The van der Waals surface area contributed by atoms with E-state index in [1.165, 1.54) is 24.3 Å². The van der Waals surface area contributed by atoms with Crippen LogP contribution in [0.15, 0.2) is 63.7 Å². The number of azo groups is 1. The smallest absolute Gasteiger partial charge is 0.747 e. The topological polar surface area (TPSA) is 151 Å². The number of benzene rings is 2. The van der Waals surface area contributed by atoms with E-state index in [0.717, 1.165) is 12.1 Å². The van der Waals surface area contributed by atoms with E-state index in [-0.39, 0.29) is 64.0 Å². The summed E-state index contributed by atoms with van der Waals surface area (Å²) in [6, 6.07) is 11.1. The number of hydrogen-bond acceptors (Lipinski definition) is 9. The summed E-state index contributed by atoms with van der Waals surface area (Å²) in [5.41, 5.74) is 1.23. The van der Waals surface area contributed by atoms with E-state index in [9.17, 15) is 25.9 Å². The minimum Gasteiger partial charge on any atom is -0.747 e. The molecule has 0 amide bonds. The van der Waals surface area contributed by atoms with Crippen molar-refractivity contribution in [3.63, 3.8) is 0 Å². The molecular weight excluding hydrogens is 404 g/mol. The van der Waals surface area contributed by atoms with Crippen molar-refractivity contribution in [2.75, 3.05) is 11.2 Å². The monoisotopic (exact) mass is 415 g/mol. The van der Waals surface area contributed by atoms with Gasteiger partial charge in [-0.25, -0.2) is 16.8 Å². The largest absolute Gasteiger partial charge is 1.00 e. The second kappa shape index (κ2) is 10.9. The summed E-state index contributed by atoms with van der Waals surface area (Å²) >= 11 is 0. The Morgan fingerprint density at radius 3 is 1.58 bits per heavy atom. The maximum atomic E-state index is 10.8. The van der Waals surface area contributed by atoms with Crippen molar-refractivity contribution in [2.24, 2.45) is 10.2 Å². The van der Waals surface area contributed by atoms with Crippen LogP contribution in [0.4, 0.5) is 17.1 Å². The van der Waals surface area contributed by atoms with E-state index in [2.05, 4.69) is 15.5 Å². The standard InChI is InChI=1S/C13H13N3O6S2.2Na/c17-23(18,19)9-14-10-1-3-11(4-2-10)15-16-12-5-7-13(8-6-12)24(20,21)22;;/h1-8,14H,9H2,(H,17,18,19)(H,20,21,22);;/q;2*+1/p-2. The van der Waals surface area contributed by atoms with Gasteiger partial charge in [-0.1, -0.05) is 0 Å². The molecular formula is C13H11N3Na2O6S2. The molecule has 0 atom stereocenters. The van der Waals surface area contributed by atoms with Crippen LogP contribution in [0, 0.1) is 0 Å². The van der Waals surface area contributed by atoms with Gasteiger partial charge in [-0.2, -0.15) is 10.2 Å². The average molecular weight is 415 g/mol. The van der Waals surface area contributed by atoms with Crippen LogP contribution in [0.1, 0.15) is 0 Å². The van der Waals surface area contributed by atoms with Gasteiger partial charge in [0.2, 0.25) is 0 Å². The third-order valence-corrected chi connectivity index (χ3v) is 4.07. The van der Waals surface area contributed by atoms with Gasteiger partial charge >= 0.3 is 59.1 Å². The molecule has 0 bridgehead atoms. The Morgan fingerprint density at radius 1 is 0.769 bits per heavy atom. The molecule has 0 aromatic heterocycles. The Balaban J connectivity index is 0.00000312. The van der Waals surface area contributed by atoms with Gasteiger partial charge in [0.05, 0.1) is 16.3 Å². The number of hydrogen-bond donors (Lipinski definition) is 1. The molecule has 0 fully saturated rings. The number of nitrogens with zero attached hydrogens (tertiary/aromatic N) is 2. The number of rotatable bonds is 6. The van der Waals surface area contributed by atoms with Crippen molar-refractivity contribution < 1.29 is 85.1 Å². The predicted octanol–water partition coefficient (Wildman–Crippen LogP) is -4.07. The first-order valence-corrected chi connectivity index (χ1v) is 9.37. The third-order valence-electron chi connectivity index (χ3n) is 2.73. The first-order valence-electron chi connectivity index (χ1n) is 6.39. The van der Waals surface area contributed by atoms with E-state index < -0.39 is 26.1 Å². The molecule has 0 radical (unpaired) electrons. The Morgan fingerprint density at radius 2 is 1.19 bits per heavy atom. The van der Waals surface area contributed by atoms with Gasteiger partial charge in [0.1, 0.15) is 26.1 Å². The minimum absolute atomic E-state index is 0. The molecule has 13 heteroatoms. The van der Waals surface area contributed by atoms with Gasteiger partial charge in [-0.05, 0) is 48.5 Å². The zero-order chi connectivity index (χ0) is 17.8. The van der Waals surface area contributed by atoms with Crippen molar-refractivity contribution in [1.82, 2.24) is 0 Å². The van der Waals surface area contributed by atoms with E-state index >= 15 is 0 Å². The summed E-state index contributed by atoms with van der Waals surface area (Å²) in [5.74, 6) is -0.719. The van der Waals surface area contributed by atoms with Crippen molar-refractivity contribution in [3.8, 4) is 0 Å². The molecule has 0 aliphatic rings. The van der Waals surface area contributed by atoms with Gasteiger partial charge in [-0.3, -0.25) is 0 Å². The van der Waals surface area contributed by atoms with Gasteiger partial charge in [0, 0.05) is 5.69 Å². The number of anilines is 1. The van der Waals surface area contributed by atoms with Gasteiger partial charge in [0.25, 0.3) is 0 Å². The zero-order valence-corrected chi connectivity index (χ0v) is 19.6. The van der Waals surface area contributed by atoms with Crippen LogP contribution in [-0.4, -0.2) is 31.8 Å². The summed E-state index contributed by atoms with van der Waals surface area (Å²) in [4.78, 5) is -0.356. The normalized spacial score (nSPS) is 11.5. The summed E-state index contributed by atoms with van der Waals surface area (Å²) in [6.45, 7) is 0. The summed E-state index contributed by atoms with van der Waals surface area (Å²) in [7, 11) is -8.86. The van der Waals surface area contributed by atoms with Crippen LogP contribution < -0.4 is 64.4 Å². The third kappa shape index (κ3) is 9.04. The van der Waals surface area contributed by atoms with Crippen molar-refractivity contribution in [1.29, 1.82) is 0 Å². The van der Waals surface area contributed by atoms with Crippen molar-refractivity contribution in [3.05, 3.63) is 48.5 Å². The van der Waals surface area contributed by atoms with E-state index in [1.54, 1.807) is 12.1 Å². The average Bonchev–Trinajstić information content (AvgIpc) is 2.51. The molecule has 1 N–H and O–H groups in total. The van der Waals surface area contributed by atoms with Crippen LogP contribution in [-0.2, 0) is 20.2 Å². The molecule has 2 aromatic rings.